The van der Waals surface area contributed by atoms with Gasteiger partial charge in [-0.3, -0.25) is 0 Å². The molecule has 0 saturated heterocycles. The van der Waals surface area contributed by atoms with Crippen molar-refractivity contribution in [1.29, 1.82) is 0 Å². The van der Waals surface area contributed by atoms with Crippen molar-refractivity contribution in [3.63, 3.8) is 0 Å². The van der Waals surface area contributed by atoms with E-state index in [1.54, 1.807) is 0 Å². The summed E-state index contributed by atoms with van der Waals surface area (Å²) >= 11 is 0. The molecule has 0 fully saturated rings. The van der Waals surface area contributed by atoms with Gasteiger partial charge in [0, 0.05) is 0 Å². The van der Waals surface area contributed by atoms with E-state index in [1.807, 2.05) is 0 Å². The first kappa shape index (κ1) is 13.1. The quantitative estimate of drug-likeness (QED) is 0.777. The number of aromatic hydroxyl groups is 1. The number of phenols is 1. The lowest BCUT2D eigenvalue weighted by molar-refractivity contribution is 0.435. The molecule has 90 valence electrons. The van der Waals surface area contributed by atoms with Gasteiger partial charge in [-0.2, -0.15) is 0 Å². The van der Waals surface area contributed by atoms with Crippen molar-refractivity contribution in [2.45, 2.75) is 59.3 Å². The molecule has 1 unspecified atom stereocenters. The van der Waals surface area contributed by atoms with E-state index in [2.05, 4.69) is 53.7 Å². The summed E-state index contributed by atoms with van der Waals surface area (Å²) in [5, 5.41) is 10.4. The van der Waals surface area contributed by atoms with E-state index >= 15 is 0 Å². The minimum Gasteiger partial charge on any atom is -0.507 e. The highest BCUT2D eigenvalue weighted by atomic mass is 16.3. The van der Waals surface area contributed by atoms with Crippen LogP contribution in [-0.2, 0) is 5.41 Å². The molecule has 0 bridgehead atoms. The number of aryl methyl sites for hydroxylation is 1. The van der Waals surface area contributed by atoms with Crippen molar-refractivity contribution >= 4 is 0 Å². The summed E-state index contributed by atoms with van der Waals surface area (Å²) in [6.07, 6.45) is 1.06. The van der Waals surface area contributed by atoms with Crippen LogP contribution >= 0.6 is 0 Å². The lowest BCUT2D eigenvalue weighted by Crippen LogP contribution is -2.13. The minimum atomic E-state index is -0.00167. The van der Waals surface area contributed by atoms with Gasteiger partial charge in [0.2, 0.25) is 0 Å². The van der Waals surface area contributed by atoms with Crippen LogP contribution in [-0.4, -0.2) is 5.11 Å². The van der Waals surface area contributed by atoms with Gasteiger partial charge in [-0.05, 0) is 35.8 Å². The van der Waals surface area contributed by atoms with Crippen LogP contribution in [0.4, 0.5) is 0 Å². The molecular weight excluding hydrogens is 196 g/mol. The van der Waals surface area contributed by atoms with E-state index < -0.39 is 0 Å². The molecule has 1 aromatic carbocycles. The molecule has 1 atom stereocenters. The molecule has 1 rings (SSSR count). The third-order valence-corrected chi connectivity index (χ3v) is 3.24. The van der Waals surface area contributed by atoms with E-state index in [-0.39, 0.29) is 5.41 Å². The highest BCUT2D eigenvalue weighted by molar-refractivity contribution is 5.48. The molecule has 0 aliphatic rings. The standard InChI is InChI=1S/C15H24O/c1-7-11(3)12-8-10(2)9-13(14(12)16)15(4,5)6/h8-9,11,16H,7H2,1-6H3. The minimum absolute atomic E-state index is 0.00167. The van der Waals surface area contributed by atoms with Crippen molar-refractivity contribution in [2.24, 2.45) is 0 Å². The van der Waals surface area contributed by atoms with E-state index in [4.69, 9.17) is 0 Å². The molecule has 0 saturated carbocycles. The van der Waals surface area contributed by atoms with Gasteiger partial charge in [0.05, 0.1) is 0 Å². The highest BCUT2D eigenvalue weighted by Gasteiger charge is 2.22. The topological polar surface area (TPSA) is 20.2 Å². The van der Waals surface area contributed by atoms with E-state index in [1.165, 1.54) is 5.56 Å². The van der Waals surface area contributed by atoms with Crippen LogP contribution < -0.4 is 0 Å². The Bertz CT molecular complexity index is 372. The molecule has 0 aliphatic carbocycles. The molecule has 1 heteroatoms. The lowest BCUT2D eigenvalue weighted by atomic mass is 9.82. The number of hydrogen-bond donors (Lipinski definition) is 1. The van der Waals surface area contributed by atoms with Gasteiger partial charge in [-0.1, -0.05) is 52.3 Å². The predicted octanol–water partition coefficient (Wildman–Crippen LogP) is 4.51. The summed E-state index contributed by atoms with van der Waals surface area (Å²) < 4.78 is 0. The summed E-state index contributed by atoms with van der Waals surface area (Å²) in [4.78, 5) is 0. The Morgan fingerprint density at radius 3 is 2.25 bits per heavy atom. The first-order valence-corrected chi connectivity index (χ1v) is 6.11. The van der Waals surface area contributed by atoms with Crippen LogP contribution in [0.1, 0.15) is 63.6 Å². The maximum atomic E-state index is 10.4. The highest BCUT2D eigenvalue weighted by Crippen LogP contribution is 2.38. The second kappa shape index (κ2) is 4.48. The summed E-state index contributed by atoms with van der Waals surface area (Å²) in [6.45, 7) is 12.8. The third-order valence-electron chi connectivity index (χ3n) is 3.24. The predicted molar refractivity (Wildman–Crippen MR) is 70.2 cm³/mol. The maximum Gasteiger partial charge on any atom is 0.122 e. The van der Waals surface area contributed by atoms with Crippen molar-refractivity contribution in [3.8, 4) is 5.75 Å². The first-order chi connectivity index (χ1) is 7.27. The number of phenolic OH excluding ortho intramolecular Hbond substituents is 1. The Balaban J connectivity index is 3.38. The van der Waals surface area contributed by atoms with Crippen LogP contribution in [0.3, 0.4) is 0 Å². The largest absolute Gasteiger partial charge is 0.507 e. The average Bonchev–Trinajstić information content (AvgIpc) is 2.18. The van der Waals surface area contributed by atoms with Gasteiger partial charge in [0.1, 0.15) is 5.75 Å². The fourth-order valence-electron chi connectivity index (χ4n) is 1.97. The Morgan fingerprint density at radius 2 is 1.81 bits per heavy atom. The number of hydrogen-bond acceptors (Lipinski definition) is 1. The SMILES string of the molecule is CCC(C)c1cc(C)cc(C(C)(C)C)c1O. The monoisotopic (exact) mass is 220 g/mol. The molecule has 0 radical (unpaired) electrons. The molecule has 16 heavy (non-hydrogen) atoms. The molecule has 0 amide bonds. The third kappa shape index (κ3) is 2.58. The molecule has 1 N–H and O–H groups in total. The van der Waals surface area contributed by atoms with Crippen LogP contribution in [0.5, 0.6) is 5.75 Å². The average molecular weight is 220 g/mol. The molecular formula is C15H24O. The summed E-state index contributed by atoms with van der Waals surface area (Å²) in [6, 6.07) is 4.21. The van der Waals surface area contributed by atoms with Crippen molar-refractivity contribution < 1.29 is 5.11 Å². The molecule has 0 aliphatic heterocycles. The van der Waals surface area contributed by atoms with Crippen LogP contribution in [0, 0.1) is 6.92 Å². The Morgan fingerprint density at radius 1 is 1.25 bits per heavy atom. The Hall–Kier alpha value is -0.980. The number of benzene rings is 1. The van der Waals surface area contributed by atoms with E-state index in [9.17, 15) is 5.11 Å². The Kier molecular flexibility index (Phi) is 3.67. The van der Waals surface area contributed by atoms with E-state index in [0.717, 1.165) is 17.5 Å². The molecule has 0 spiro atoms. The van der Waals surface area contributed by atoms with Crippen LogP contribution in [0.2, 0.25) is 0 Å². The van der Waals surface area contributed by atoms with E-state index in [0.29, 0.717) is 11.7 Å². The van der Waals surface area contributed by atoms with Gasteiger partial charge in [-0.25, -0.2) is 0 Å². The second-order valence-corrected chi connectivity index (χ2v) is 5.81. The van der Waals surface area contributed by atoms with Crippen LogP contribution in [0.15, 0.2) is 12.1 Å². The van der Waals surface area contributed by atoms with Crippen LogP contribution in [0.25, 0.3) is 0 Å². The molecule has 1 aromatic rings. The zero-order valence-corrected chi connectivity index (χ0v) is 11.4. The van der Waals surface area contributed by atoms with Gasteiger partial charge in [-0.15, -0.1) is 0 Å². The van der Waals surface area contributed by atoms with Crippen molar-refractivity contribution in [2.75, 3.05) is 0 Å². The van der Waals surface area contributed by atoms with Gasteiger partial charge in [0.15, 0.2) is 0 Å². The zero-order valence-electron chi connectivity index (χ0n) is 11.4. The summed E-state index contributed by atoms with van der Waals surface area (Å²) in [5.74, 6) is 0.911. The summed E-state index contributed by atoms with van der Waals surface area (Å²) in [5.41, 5.74) is 3.38. The summed E-state index contributed by atoms with van der Waals surface area (Å²) in [7, 11) is 0. The molecule has 0 aromatic heterocycles. The Labute approximate surface area is 99.5 Å². The normalized spacial score (nSPS) is 13.9. The maximum absolute atomic E-state index is 10.4. The zero-order chi connectivity index (χ0) is 12.5. The smallest absolute Gasteiger partial charge is 0.122 e. The fourth-order valence-corrected chi connectivity index (χ4v) is 1.97. The fraction of sp³-hybridized carbons (Fsp3) is 0.600. The molecule has 0 heterocycles. The van der Waals surface area contributed by atoms with Gasteiger partial charge in [0.25, 0.3) is 0 Å². The first-order valence-electron chi connectivity index (χ1n) is 6.11. The second-order valence-electron chi connectivity index (χ2n) is 5.81. The van der Waals surface area contributed by atoms with Crippen molar-refractivity contribution in [3.05, 3.63) is 28.8 Å². The lowest BCUT2D eigenvalue weighted by Gasteiger charge is -2.24. The van der Waals surface area contributed by atoms with Gasteiger partial charge >= 0.3 is 0 Å². The van der Waals surface area contributed by atoms with Crippen molar-refractivity contribution in [1.82, 2.24) is 0 Å². The molecule has 1 nitrogen and oxygen atoms in total. The van der Waals surface area contributed by atoms with Gasteiger partial charge < -0.3 is 5.11 Å². The number of rotatable bonds is 2.